The van der Waals surface area contributed by atoms with Crippen molar-refractivity contribution in [2.24, 2.45) is 14.1 Å². The van der Waals surface area contributed by atoms with Crippen LogP contribution in [0.4, 0.5) is 10.1 Å². The SMILES string of the molecule is CN(C)c1ccc([C@@H]2Oc3ccccc3-n3c(-c4ccc(F)cc4)c4c(=O)n(C)c(=O)n(C)c4c32)cc1. The van der Waals surface area contributed by atoms with Crippen molar-refractivity contribution in [1.82, 2.24) is 13.7 Å². The summed E-state index contributed by atoms with van der Waals surface area (Å²) in [6.07, 6.45) is -0.597. The molecule has 1 aliphatic heterocycles. The molecule has 5 aromatic rings. The minimum Gasteiger partial charge on any atom is -0.477 e. The second-order valence-electron chi connectivity index (χ2n) is 9.46. The van der Waals surface area contributed by atoms with Gasteiger partial charge in [-0.15, -0.1) is 0 Å². The van der Waals surface area contributed by atoms with Gasteiger partial charge >= 0.3 is 5.69 Å². The third-order valence-electron chi connectivity index (χ3n) is 7.04. The predicted octanol–water partition coefficient (Wildman–Crippen LogP) is 4.38. The lowest BCUT2D eigenvalue weighted by atomic mass is 10.0. The molecule has 6 rings (SSSR count). The van der Waals surface area contributed by atoms with Gasteiger partial charge in [0.05, 0.1) is 28.0 Å². The van der Waals surface area contributed by atoms with E-state index < -0.39 is 17.4 Å². The first-order valence-electron chi connectivity index (χ1n) is 11.9. The van der Waals surface area contributed by atoms with E-state index in [2.05, 4.69) is 0 Å². The summed E-state index contributed by atoms with van der Waals surface area (Å²) in [5.41, 5.74) is 4.21. The van der Waals surface area contributed by atoms with Crippen LogP contribution in [0.25, 0.3) is 27.8 Å². The van der Waals surface area contributed by atoms with Crippen molar-refractivity contribution in [2.45, 2.75) is 6.10 Å². The largest absolute Gasteiger partial charge is 0.477 e. The molecule has 0 radical (unpaired) electrons. The summed E-state index contributed by atoms with van der Waals surface area (Å²) in [6, 6.07) is 21.6. The van der Waals surface area contributed by atoms with Crippen molar-refractivity contribution in [1.29, 1.82) is 0 Å². The number of aryl methyl sites for hydroxylation is 1. The van der Waals surface area contributed by atoms with Crippen molar-refractivity contribution in [3.05, 3.63) is 111 Å². The molecule has 0 saturated heterocycles. The van der Waals surface area contributed by atoms with E-state index in [0.717, 1.165) is 21.5 Å². The Balaban J connectivity index is 1.79. The number of para-hydroxylation sites is 2. The molecule has 3 aromatic carbocycles. The van der Waals surface area contributed by atoms with E-state index in [0.29, 0.717) is 33.6 Å². The molecular formula is C29H25FN4O3. The molecule has 1 atom stereocenters. The Labute approximate surface area is 212 Å². The molecule has 186 valence electrons. The van der Waals surface area contributed by atoms with Gasteiger partial charge in [0.1, 0.15) is 11.6 Å². The number of fused-ring (bicyclic) bond motifs is 5. The quantitative estimate of drug-likeness (QED) is 0.372. The Morgan fingerprint density at radius 1 is 0.865 bits per heavy atom. The molecule has 2 aromatic heterocycles. The summed E-state index contributed by atoms with van der Waals surface area (Å²) in [5.74, 6) is 0.267. The van der Waals surface area contributed by atoms with Crippen LogP contribution in [0, 0.1) is 5.82 Å². The Morgan fingerprint density at radius 3 is 2.22 bits per heavy atom. The van der Waals surface area contributed by atoms with E-state index in [-0.39, 0.29) is 5.82 Å². The summed E-state index contributed by atoms with van der Waals surface area (Å²) in [4.78, 5) is 28.8. The zero-order valence-corrected chi connectivity index (χ0v) is 20.9. The van der Waals surface area contributed by atoms with Crippen LogP contribution in [0.15, 0.2) is 82.4 Å². The van der Waals surface area contributed by atoms with E-state index in [1.165, 1.54) is 23.7 Å². The first-order chi connectivity index (χ1) is 17.8. The van der Waals surface area contributed by atoms with Crippen molar-refractivity contribution >= 4 is 16.6 Å². The molecule has 0 saturated carbocycles. The lowest BCUT2D eigenvalue weighted by Gasteiger charge is -2.30. The molecule has 8 heteroatoms. The van der Waals surface area contributed by atoms with Gasteiger partial charge < -0.3 is 14.2 Å². The zero-order valence-electron chi connectivity index (χ0n) is 20.9. The number of anilines is 1. The third kappa shape index (κ3) is 3.32. The van der Waals surface area contributed by atoms with E-state index in [1.54, 1.807) is 19.2 Å². The van der Waals surface area contributed by atoms with Gasteiger partial charge in [0, 0.05) is 33.9 Å². The Morgan fingerprint density at radius 2 is 1.54 bits per heavy atom. The number of hydrogen-bond donors (Lipinski definition) is 0. The maximum Gasteiger partial charge on any atom is 0.331 e. The first-order valence-corrected chi connectivity index (χ1v) is 11.9. The molecule has 0 amide bonds. The highest BCUT2D eigenvalue weighted by Crippen LogP contribution is 2.46. The predicted molar refractivity (Wildman–Crippen MR) is 142 cm³/mol. The number of rotatable bonds is 3. The average Bonchev–Trinajstić information content (AvgIpc) is 3.27. The lowest BCUT2D eigenvalue weighted by molar-refractivity contribution is 0.229. The average molecular weight is 497 g/mol. The number of nitrogens with zero attached hydrogens (tertiary/aromatic N) is 4. The first kappa shape index (κ1) is 22.8. The molecular weight excluding hydrogens is 471 g/mol. The Hall–Kier alpha value is -4.59. The fraction of sp³-hybridized carbons (Fsp3) is 0.172. The molecule has 3 heterocycles. The van der Waals surface area contributed by atoms with Gasteiger partial charge in [0.15, 0.2) is 6.10 Å². The molecule has 0 fully saturated rings. The number of aromatic nitrogens is 3. The van der Waals surface area contributed by atoms with Gasteiger partial charge in [-0.05, 0) is 59.7 Å². The minimum atomic E-state index is -0.597. The number of ether oxygens (including phenoxy) is 1. The van der Waals surface area contributed by atoms with Gasteiger partial charge in [0.2, 0.25) is 0 Å². The van der Waals surface area contributed by atoms with E-state index in [4.69, 9.17) is 4.74 Å². The second kappa shape index (κ2) is 8.23. The van der Waals surface area contributed by atoms with Crippen LogP contribution in [0.2, 0.25) is 0 Å². The van der Waals surface area contributed by atoms with E-state index in [1.807, 2.05) is 72.1 Å². The lowest BCUT2D eigenvalue weighted by Crippen LogP contribution is -2.37. The maximum atomic E-state index is 13.9. The summed E-state index contributed by atoms with van der Waals surface area (Å²) in [5, 5.41) is 0.376. The zero-order chi connectivity index (χ0) is 26.0. The summed E-state index contributed by atoms with van der Waals surface area (Å²) >= 11 is 0. The number of benzene rings is 3. The van der Waals surface area contributed by atoms with Gasteiger partial charge in [0.25, 0.3) is 5.56 Å². The summed E-state index contributed by atoms with van der Waals surface area (Å²) in [6.45, 7) is 0. The molecule has 7 nitrogen and oxygen atoms in total. The van der Waals surface area contributed by atoms with Gasteiger partial charge in [-0.25, -0.2) is 9.18 Å². The van der Waals surface area contributed by atoms with Crippen molar-refractivity contribution in [2.75, 3.05) is 19.0 Å². The molecule has 1 aliphatic rings. The maximum absolute atomic E-state index is 13.9. The van der Waals surface area contributed by atoms with Crippen LogP contribution in [0.1, 0.15) is 17.4 Å². The second-order valence-corrected chi connectivity index (χ2v) is 9.46. The summed E-state index contributed by atoms with van der Waals surface area (Å²) < 4.78 is 25.1. The minimum absolute atomic E-state index is 0.374. The van der Waals surface area contributed by atoms with Crippen molar-refractivity contribution in [3.63, 3.8) is 0 Å². The number of hydrogen-bond acceptors (Lipinski definition) is 4. The highest BCUT2D eigenvalue weighted by Gasteiger charge is 2.36. The molecule has 0 aliphatic carbocycles. The van der Waals surface area contributed by atoms with Crippen LogP contribution in [0.5, 0.6) is 5.75 Å². The standard InChI is InChI=1S/C29H25FN4O3/c1-31(2)20-15-11-18(12-16-20)27-26-25-23(28(35)33(4)29(36)32(25)3)24(17-9-13-19(30)14-10-17)34(26)21-7-5-6-8-22(21)37-27/h5-16,27H,1-4H3/t27-/m0/s1. The monoisotopic (exact) mass is 496 g/mol. The van der Waals surface area contributed by atoms with Gasteiger partial charge in [-0.1, -0.05) is 24.3 Å². The molecule has 0 N–H and O–H groups in total. The van der Waals surface area contributed by atoms with Gasteiger partial charge in [-0.3, -0.25) is 13.9 Å². The topological polar surface area (TPSA) is 61.4 Å². The van der Waals surface area contributed by atoms with E-state index >= 15 is 0 Å². The summed E-state index contributed by atoms with van der Waals surface area (Å²) in [7, 11) is 7.08. The van der Waals surface area contributed by atoms with Crippen LogP contribution < -0.4 is 20.9 Å². The Bertz CT molecular complexity index is 1800. The van der Waals surface area contributed by atoms with Crippen LogP contribution in [-0.4, -0.2) is 27.8 Å². The van der Waals surface area contributed by atoms with Crippen LogP contribution in [-0.2, 0) is 14.1 Å². The van der Waals surface area contributed by atoms with Crippen molar-refractivity contribution in [3.8, 4) is 22.7 Å². The normalized spacial score (nSPS) is 14.2. The molecule has 0 unspecified atom stereocenters. The fourth-order valence-electron chi connectivity index (χ4n) is 5.17. The molecule has 0 spiro atoms. The molecule has 0 bridgehead atoms. The van der Waals surface area contributed by atoms with Crippen molar-refractivity contribution < 1.29 is 9.13 Å². The van der Waals surface area contributed by atoms with E-state index in [9.17, 15) is 14.0 Å². The van der Waals surface area contributed by atoms with Crippen LogP contribution >= 0.6 is 0 Å². The smallest absolute Gasteiger partial charge is 0.331 e. The number of halogens is 1. The highest BCUT2D eigenvalue weighted by molar-refractivity contribution is 5.98. The Kier molecular flexibility index (Phi) is 5.08. The molecule has 37 heavy (non-hydrogen) atoms. The van der Waals surface area contributed by atoms with Gasteiger partial charge in [-0.2, -0.15) is 0 Å². The highest BCUT2D eigenvalue weighted by atomic mass is 19.1. The third-order valence-corrected chi connectivity index (χ3v) is 7.04. The van der Waals surface area contributed by atoms with Crippen LogP contribution in [0.3, 0.4) is 0 Å². The fourth-order valence-corrected chi connectivity index (χ4v) is 5.17.